The fourth-order valence-corrected chi connectivity index (χ4v) is 1.89. The van der Waals surface area contributed by atoms with Crippen molar-refractivity contribution in [2.75, 3.05) is 0 Å². The van der Waals surface area contributed by atoms with Crippen LogP contribution in [0.1, 0.15) is 26.3 Å². The summed E-state index contributed by atoms with van der Waals surface area (Å²) in [6, 6.07) is -0.476. The highest BCUT2D eigenvalue weighted by Crippen LogP contribution is 2.29. The Labute approximate surface area is 79.1 Å². The molecule has 0 radical (unpaired) electrons. The lowest BCUT2D eigenvalue weighted by atomic mass is 9.89. The first-order valence-corrected chi connectivity index (χ1v) is 4.44. The van der Waals surface area contributed by atoms with Gasteiger partial charge in [0, 0.05) is 5.56 Å². The summed E-state index contributed by atoms with van der Waals surface area (Å²) in [4.78, 5) is 0. The predicted octanol–water partition coefficient (Wildman–Crippen LogP) is 3.32. The first-order chi connectivity index (χ1) is 4.93. The van der Waals surface area contributed by atoms with Crippen molar-refractivity contribution in [2.45, 2.75) is 26.2 Å². The second kappa shape index (κ2) is 2.77. The Bertz CT molecular complexity index is 260. The van der Waals surface area contributed by atoms with Crippen molar-refractivity contribution >= 4 is 22.6 Å². The minimum atomic E-state index is -0.476. The van der Waals surface area contributed by atoms with Gasteiger partial charge in [0.1, 0.15) is 0 Å². The van der Waals surface area contributed by atoms with E-state index in [2.05, 4.69) is 4.42 Å². The Balaban J connectivity index is 3.15. The maximum Gasteiger partial charge on any atom is 0.291 e. The summed E-state index contributed by atoms with van der Waals surface area (Å²) in [6.07, 6.45) is 1.48. The molecule has 0 amide bonds. The molecule has 1 aromatic heterocycles. The third-order valence-electron chi connectivity index (χ3n) is 1.50. The molecular formula is C8H10FIO. The average Bonchev–Trinajstić information content (AvgIpc) is 2.11. The molecule has 11 heavy (non-hydrogen) atoms. The zero-order chi connectivity index (χ0) is 8.65. The summed E-state index contributed by atoms with van der Waals surface area (Å²) < 4.78 is 17.9. The Morgan fingerprint density at radius 1 is 1.45 bits per heavy atom. The number of furan rings is 1. The smallest absolute Gasteiger partial charge is 0.291 e. The molecule has 0 aliphatic carbocycles. The lowest BCUT2D eigenvalue weighted by Crippen LogP contribution is -2.11. The molecule has 0 N–H and O–H groups in total. The van der Waals surface area contributed by atoms with Crippen molar-refractivity contribution in [2.24, 2.45) is 0 Å². The quantitative estimate of drug-likeness (QED) is 0.658. The highest BCUT2D eigenvalue weighted by atomic mass is 127. The topological polar surface area (TPSA) is 13.1 Å². The van der Waals surface area contributed by atoms with Gasteiger partial charge in [-0.1, -0.05) is 20.8 Å². The van der Waals surface area contributed by atoms with Gasteiger partial charge in [0.2, 0.25) is 0 Å². The normalized spacial score (nSPS) is 12.1. The fraction of sp³-hybridized carbons (Fsp3) is 0.500. The number of rotatable bonds is 0. The van der Waals surface area contributed by atoms with Crippen molar-refractivity contribution in [3.05, 3.63) is 21.4 Å². The molecule has 0 spiro atoms. The molecular weight excluding hydrogens is 258 g/mol. The molecule has 1 rings (SSSR count). The van der Waals surface area contributed by atoms with E-state index >= 15 is 0 Å². The maximum absolute atomic E-state index is 12.7. The van der Waals surface area contributed by atoms with Crippen LogP contribution in [0.3, 0.4) is 0 Å². The lowest BCUT2D eigenvalue weighted by molar-refractivity contribution is 0.354. The van der Waals surface area contributed by atoms with Gasteiger partial charge in [0.25, 0.3) is 6.01 Å². The van der Waals surface area contributed by atoms with Gasteiger partial charge in [-0.25, -0.2) is 0 Å². The Kier molecular flexibility index (Phi) is 2.27. The minimum absolute atomic E-state index is 0.0373. The second-order valence-electron chi connectivity index (χ2n) is 3.49. The largest absolute Gasteiger partial charge is 0.439 e. The van der Waals surface area contributed by atoms with Crippen LogP contribution in [-0.2, 0) is 5.41 Å². The van der Waals surface area contributed by atoms with Gasteiger partial charge >= 0.3 is 0 Å². The van der Waals surface area contributed by atoms with Crippen LogP contribution < -0.4 is 0 Å². The van der Waals surface area contributed by atoms with E-state index in [0.717, 1.165) is 5.56 Å². The second-order valence-corrected chi connectivity index (χ2v) is 4.57. The summed E-state index contributed by atoms with van der Waals surface area (Å²) in [6.45, 7) is 6.08. The van der Waals surface area contributed by atoms with E-state index in [9.17, 15) is 4.39 Å². The van der Waals surface area contributed by atoms with E-state index in [4.69, 9.17) is 0 Å². The molecule has 1 heterocycles. The zero-order valence-corrected chi connectivity index (χ0v) is 8.90. The predicted molar refractivity (Wildman–Crippen MR) is 50.1 cm³/mol. The van der Waals surface area contributed by atoms with Crippen molar-refractivity contribution in [1.29, 1.82) is 0 Å². The molecule has 62 valence electrons. The van der Waals surface area contributed by atoms with Gasteiger partial charge in [-0.15, -0.1) is 0 Å². The number of hydrogen-bond donors (Lipinski definition) is 0. The number of hydrogen-bond acceptors (Lipinski definition) is 1. The van der Waals surface area contributed by atoms with Crippen molar-refractivity contribution in [3.8, 4) is 0 Å². The molecule has 0 atom stereocenters. The molecule has 0 saturated carbocycles. The fourth-order valence-electron chi connectivity index (χ4n) is 0.826. The minimum Gasteiger partial charge on any atom is -0.439 e. The summed E-state index contributed by atoms with van der Waals surface area (Å²) in [5.41, 5.74) is 0.889. The van der Waals surface area contributed by atoms with Crippen molar-refractivity contribution in [3.63, 3.8) is 0 Å². The van der Waals surface area contributed by atoms with Crippen LogP contribution in [0.5, 0.6) is 0 Å². The molecule has 0 fully saturated rings. The molecule has 0 saturated heterocycles. The molecule has 1 aromatic rings. The average molecular weight is 268 g/mol. The molecule has 0 aromatic carbocycles. The Morgan fingerprint density at radius 2 is 2.00 bits per heavy atom. The van der Waals surface area contributed by atoms with Crippen LogP contribution in [0.4, 0.5) is 4.39 Å². The summed E-state index contributed by atoms with van der Waals surface area (Å²) in [7, 11) is 0. The highest BCUT2D eigenvalue weighted by Gasteiger charge is 2.21. The van der Waals surface area contributed by atoms with E-state index in [0.29, 0.717) is 3.57 Å². The molecule has 3 heteroatoms. The van der Waals surface area contributed by atoms with Crippen LogP contribution in [0.2, 0.25) is 0 Å². The summed E-state index contributed by atoms with van der Waals surface area (Å²) in [5, 5.41) is 0. The van der Waals surface area contributed by atoms with E-state index in [1.54, 1.807) is 0 Å². The zero-order valence-electron chi connectivity index (χ0n) is 6.74. The maximum atomic E-state index is 12.7. The van der Waals surface area contributed by atoms with Gasteiger partial charge in [-0.05, 0) is 28.0 Å². The SMILES string of the molecule is CC(C)(C)c1coc(F)c1I. The third kappa shape index (κ3) is 1.75. The van der Waals surface area contributed by atoms with Crippen molar-refractivity contribution in [1.82, 2.24) is 0 Å². The molecule has 0 aliphatic heterocycles. The van der Waals surface area contributed by atoms with Gasteiger partial charge in [0.05, 0.1) is 9.83 Å². The van der Waals surface area contributed by atoms with Gasteiger partial charge < -0.3 is 4.42 Å². The van der Waals surface area contributed by atoms with Crippen LogP contribution in [0.15, 0.2) is 10.7 Å². The molecule has 1 nitrogen and oxygen atoms in total. The lowest BCUT2D eigenvalue weighted by Gasteiger charge is -2.15. The van der Waals surface area contributed by atoms with E-state index in [1.807, 2.05) is 43.4 Å². The number of halogens is 2. The van der Waals surface area contributed by atoms with Gasteiger partial charge in [-0.2, -0.15) is 4.39 Å². The first-order valence-electron chi connectivity index (χ1n) is 3.36. The van der Waals surface area contributed by atoms with E-state index < -0.39 is 6.01 Å². The van der Waals surface area contributed by atoms with Crippen molar-refractivity contribution < 1.29 is 8.81 Å². The molecule has 0 bridgehead atoms. The van der Waals surface area contributed by atoms with E-state index in [1.165, 1.54) is 6.26 Å². The standard InChI is InChI=1S/C8H10FIO/c1-8(2,3)5-4-11-7(9)6(5)10/h4H,1-3H3. The Hall–Kier alpha value is -0.0600. The first kappa shape index (κ1) is 9.03. The van der Waals surface area contributed by atoms with Crippen LogP contribution in [0.25, 0.3) is 0 Å². The Morgan fingerprint density at radius 3 is 2.18 bits per heavy atom. The highest BCUT2D eigenvalue weighted by molar-refractivity contribution is 14.1. The van der Waals surface area contributed by atoms with Crippen LogP contribution in [0, 0.1) is 9.58 Å². The van der Waals surface area contributed by atoms with Crippen LogP contribution in [-0.4, -0.2) is 0 Å². The summed E-state index contributed by atoms with van der Waals surface area (Å²) in [5.74, 6) is 0. The third-order valence-corrected chi connectivity index (χ3v) is 2.50. The molecule has 0 unspecified atom stereocenters. The van der Waals surface area contributed by atoms with E-state index in [-0.39, 0.29) is 5.41 Å². The van der Waals surface area contributed by atoms with Gasteiger partial charge in [0.15, 0.2) is 0 Å². The van der Waals surface area contributed by atoms with Gasteiger partial charge in [-0.3, -0.25) is 0 Å². The molecule has 0 aliphatic rings. The van der Waals surface area contributed by atoms with Crippen LogP contribution >= 0.6 is 22.6 Å². The monoisotopic (exact) mass is 268 g/mol. The summed E-state index contributed by atoms with van der Waals surface area (Å²) >= 11 is 1.96.